The number of halogens is 1. The van der Waals surface area contributed by atoms with Crippen LogP contribution in [0.4, 0.5) is 4.79 Å². The average molecular weight is 316 g/mol. The lowest BCUT2D eigenvalue weighted by Crippen LogP contribution is -2.42. The molecule has 3 atom stereocenters. The van der Waals surface area contributed by atoms with Crippen molar-refractivity contribution in [2.45, 2.75) is 38.5 Å². The molecule has 18 heavy (non-hydrogen) atoms. The van der Waals surface area contributed by atoms with Crippen molar-refractivity contribution >= 4 is 26.6 Å². The number of nitrogens with zero attached hydrogens (tertiary/aromatic N) is 3. The fourth-order valence-electron chi connectivity index (χ4n) is 2.00. The van der Waals surface area contributed by atoms with E-state index in [9.17, 15) is 10.1 Å². The predicted octanol–water partition coefficient (Wildman–Crippen LogP) is 1.85. The molecule has 0 aromatic carbocycles. The van der Waals surface area contributed by atoms with Crippen molar-refractivity contribution in [2.24, 2.45) is 11.1 Å². The van der Waals surface area contributed by atoms with E-state index in [0.717, 1.165) is 0 Å². The molecule has 0 unspecified atom stereocenters. The van der Waals surface area contributed by atoms with Gasteiger partial charge in [0.05, 0.1) is 12.0 Å². The van der Waals surface area contributed by atoms with Gasteiger partial charge in [0, 0.05) is 6.54 Å². The number of carbonyl (C=O) groups is 1. The highest BCUT2D eigenvalue weighted by Gasteiger charge is 2.51. The first-order valence-corrected chi connectivity index (χ1v) is 6.41. The summed E-state index contributed by atoms with van der Waals surface area (Å²) in [4.78, 5) is 18.6. The van der Waals surface area contributed by atoms with E-state index in [1.165, 1.54) is 4.90 Å². The molecular formula is C11H14BrN3O3. The van der Waals surface area contributed by atoms with Gasteiger partial charge in [0.1, 0.15) is 10.2 Å². The van der Waals surface area contributed by atoms with Crippen LogP contribution in [0.25, 0.3) is 0 Å². The third kappa shape index (κ3) is 2.29. The average Bonchev–Trinajstić information content (AvgIpc) is 2.76. The summed E-state index contributed by atoms with van der Waals surface area (Å²) in [6.45, 7) is 5.74. The smallest absolute Gasteiger partial charge is 0.411 e. The second-order valence-electron chi connectivity index (χ2n) is 5.30. The van der Waals surface area contributed by atoms with Gasteiger partial charge in [-0.05, 0) is 36.7 Å². The molecule has 2 heterocycles. The normalized spacial score (nSPS) is 30.3. The monoisotopic (exact) mass is 315 g/mol. The van der Waals surface area contributed by atoms with E-state index in [-0.39, 0.29) is 5.92 Å². The summed E-state index contributed by atoms with van der Waals surface area (Å²) < 4.78 is 5.92. The largest absolute Gasteiger partial charge is 0.444 e. The second kappa shape index (κ2) is 4.43. The van der Waals surface area contributed by atoms with Crippen LogP contribution < -0.4 is 0 Å². The van der Waals surface area contributed by atoms with Crippen LogP contribution in [0.1, 0.15) is 20.8 Å². The molecule has 0 aliphatic carbocycles. The summed E-state index contributed by atoms with van der Waals surface area (Å²) >= 11 is 3.28. The van der Waals surface area contributed by atoms with Gasteiger partial charge in [-0.1, -0.05) is 5.16 Å². The number of amides is 1. The Kier molecular flexibility index (Phi) is 3.23. The summed E-state index contributed by atoms with van der Waals surface area (Å²) in [5, 5.41) is 13.0. The number of rotatable bonds is 0. The van der Waals surface area contributed by atoms with Gasteiger partial charge in [0.25, 0.3) is 0 Å². The fourth-order valence-corrected chi connectivity index (χ4v) is 2.49. The van der Waals surface area contributed by atoms with Gasteiger partial charge in [0.2, 0.25) is 0 Å². The Morgan fingerprint density at radius 1 is 1.67 bits per heavy atom. The lowest BCUT2D eigenvalue weighted by Gasteiger charge is -2.26. The number of nitriles is 1. The Balaban J connectivity index is 2.13. The number of hydrogen-bond donors (Lipinski definition) is 0. The molecule has 0 bridgehead atoms. The van der Waals surface area contributed by atoms with Gasteiger partial charge in [-0.15, -0.1) is 0 Å². The van der Waals surface area contributed by atoms with Gasteiger partial charge in [0.15, 0.2) is 12.1 Å². The zero-order chi connectivity index (χ0) is 13.5. The van der Waals surface area contributed by atoms with Crippen LogP contribution in [0.5, 0.6) is 0 Å². The molecule has 0 saturated carbocycles. The molecule has 2 aliphatic rings. The Morgan fingerprint density at radius 3 is 2.89 bits per heavy atom. The van der Waals surface area contributed by atoms with Crippen LogP contribution in [0.15, 0.2) is 5.16 Å². The van der Waals surface area contributed by atoms with E-state index in [0.29, 0.717) is 11.2 Å². The Hall–Kier alpha value is -1.29. The highest BCUT2D eigenvalue weighted by Crippen LogP contribution is 2.34. The molecule has 1 fully saturated rings. The standard InChI is InChI=1S/C11H14BrN3O3/c1-11(2,3)17-10(16)15-5-6-8(7(15)4-13)18-14-9(6)12/h6-8H,5H2,1-3H3/t6-,7+,8-/m1/s1. The highest BCUT2D eigenvalue weighted by molar-refractivity contribution is 9.18. The zero-order valence-electron chi connectivity index (χ0n) is 10.4. The zero-order valence-corrected chi connectivity index (χ0v) is 12.0. The third-order valence-corrected chi connectivity index (χ3v) is 3.50. The van der Waals surface area contributed by atoms with E-state index in [1.807, 2.05) is 0 Å². The summed E-state index contributed by atoms with van der Waals surface area (Å²) in [6.07, 6.45) is -0.899. The van der Waals surface area contributed by atoms with Crippen LogP contribution >= 0.6 is 15.9 Å². The quantitative estimate of drug-likeness (QED) is 0.683. The van der Waals surface area contributed by atoms with Crippen molar-refractivity contribution in [2.75, 3.05) is 6.54 Å². The van der Waals surface area contributed by atoms with Gasteiger partial charge < -0.3 is 9.57 Å². The van der Waals surface area contributed by atoms with E-state index in [1.54, 1.807) is 20.8 Å². The molecule has 2 aliphatic heterocycles. The molecule has 0 aromatic heterocycles. The number of carbonyl (C=O) groups excluding carboxylic acids is 1. The molecule has 7 heteroatoms. The summed E-state index contributed by atoms with van der Waals surface area (Å²) in [7, 11) is 0. The summed E-state index contributed by atoms with van der Waals surface area (Å²) in [5.41, 5.74) is -0.582. The molecule has 0 radical (unpaired) electrons. The van der Waals surface area contributed by atoms with E-state index in [2.05, 4.69) is 27.2 Å². The lowest BCUT2D eigenvalue weighted by molar-refractivity contribution is 0.0139. The van der Waals surface area contributed by atoms with E-state index in [4.69, 9.17) is 9.57 Å². The molecule has 98 valence electrons. The van der Waals surface area contributed by atoms with Gasteiger partial charge >= 0.3 is 6.09 Å². The second-order valence-corrected chi connectivity index (χ2v) is 6.11. The minimum atomic E-state index is -0.663. The van der Waals surface area contributed by atoms with Crippen LogP contribution in [0.2, 0.25) is 0 Å². The maximum Gasteiger partial charge on any atom is 0.411 e. The molecule has 1 amide bonds. The first-order chi connectivity index (χ1) is 8.33. The molecule has 2 rings (SSSR count). The van der Waals surface area contributed by atoms with Crippen molar-refractivity contribution in [3.05, 3.63) is 0 Å². The van der Waals surface area contributed by atoms with E-state index < -0.39 is 23.8 Å². The maximum absolute atomic E-state index is 12.0. The van der Waals surface area contributed by atoms with E-state index >= 15 is 0 Å². The number of fused-ring (bicyclic) bond motifs is 1. The molecule has 6 nitrogen and oxygen atoms in total. The molecule has 0 aromatic rings. The summed E-state index contributed by atoms with van der Waals surface area (Å²) in [5.74, 6) is -0.0813. The Labute approximate surface area is 114 Å². The third-order valence-electron chi connectivity index (χ3n) is 2.76. The molecule has 0 spiro atoms. The highest BCUT2D eigenvalue weighted by atomic mass is 79.9. The van der Waals surface area contributed by atoms with Gasteiger partial charge in [-0.3, -0.25) is 4.90 Å². The minimum Gasteiger partial charge on any atom is -0.444 e. The Bertz CT molecular complexity index is 438. The van der Waals surface area contributed by atoms with Crippen molar-refractivity contribution in [1.29, 1.82) is 5.26 Å². The molecular weight excluding hydrogens is 302 g/mol. The van der Waals surface area contributed by atoms with Crippen LogP contribution in [0.3, 0.4) is 0 Å². The first-order valence-electron chi connectivity index (χ1n) is 5.62. The molecule has 0 N–H and O–H groups in total. The predicted molar refractivity (Wildman–Crippen MR) is 67.1 cm³/mol. The molecule has 1 saturated heterocycles. The number of hydrogen-bond acceptors (Lipinski definition) is 5. The van der Waals surface area contributed by atoms with Crippen LogP contribution in [0, 0.1) is 17.2 Å². The van der Waals surface area contributed by atoms with Crippen molar-refractivity contribution in [3.8, 4) is 6.07 Å². The first kappa shape index (κ1) is 13.1. The minimum absolute atomic E-state index is 0.0813. The number of oxime groups is 1. The van der Waals surface area contributed by atoms with Crippen LogP contribution in [-0.2, 0) is 9.57 Å². The van der Waals surface area contributed by atoms with Crippen molar-refractivity contribution in [3.63, 3.8) is 0 Å². The Morgan fingerprint density at radius 2 is 2.33 bits per heavy atom. The SMILES string of the molecule is CC(C)(C)OC(=O)N1C[C@H]2C(Br)=NO[C@H]2[C@@H]1C#N. The maximum atomic E-state index is 12.0. The number of likely N-dealkylation sites (tertiary alicyclic amines) is 1. The lowest BCUT2D eigenvalue weighted by atomic mass is 10.1. The summed E-state index contributed by atoms with van der Waals surface area (Å²) in [6, 6.07) is 1.42. The topological polar surface area (TPSA) is 74.9 Å². The van der Waals surface area contributed by atoms with Crippen LogP contribution in [-0.4, -0.2) is 39.9 Å². The fraction of sp³-hybridized carbons (Fsp3) is 0.727. The van der Waals surface area contributed by atoms with Gasteiger partial charge in [-0.25, -0.2) is 4.79 Å². The van der Waals surface area contributed by atoms with Crippen molar-refractivity contribution in [1.82, 2.24) is 4.90 Å². The van der Waals surface area contributed by atoms with Gasteiger partial charge in [-0.2, -0.15) is 5.26 Å². The van der Waals surface area contributed by atoms with Crippen molar-refractivity contribution < 1.29 is 14.4 Å². The number of ether oxygens (including phenoxy) is 1.